The van der Waals surface area contributed by atoms with Gasteiger partial charge in [-0.3, -0.25) is 14.4 Å². The Morgan fingerprint density at radius 3 is 2.57 bits per heavy atom. The van der Waals surface area contributed by atoms with E-state index in [0.29, 0.717) is 19.5 Å². The molecule has 1 fully saturated rings. The van der Waals surface area contributed by atoms with Crippen molar-refractivity contribution in [3.63, 3.8) is 0 Å². The highest BCUT2D eigenvalue weighted by molar-refractivity contribution is 5.95. The van der Waals surface area contributed by atoms with Gasteiger partial charge in [-0.1, -0.05) is 12.1 Å². The second kappa shape index (κ2) is 9.21. The molecule has 1 aliphatic rings. The van der Waals surface area contributed by atoms with Gasteiger partial charge < -0.3 is 15.5 Å². The zero-order valence-electron chi connectivity index (χ0n) is 17.0. The Morgan fingerprint density at radius 2 is 1.90 bits per heavy atom. The van der Waals surface area contributed by atoms with Crippen molar-refractivity contribution in [3.05, 3.63) is 72.4 Å². The van der Waals surface area contributed by atoms with Crippen LogP contribution in [0.3, 0.4) is 0 Å². The maximum atomic E-state index is 11.9. The Labute approximate surface area is 175 Å². The predicted octanol–water partition coefficient (Wildman–Crippen LogP) is 2.26. The Morgan fingerprint density at radius 1 is 1.10 bits per heavy atom. The summed E-state index contributed by atoms with van der Waals surface area (Å²) in [5.74, 6) is 1.75. The molecule has 0 unspecified atom stereocenters. The van der Waals surface area contributed by atoms with Crippen LogP contribution in [-0.2, 0) is 17.9 Å². The van der Waals surface area contributed by atoms with Crippen molar-refractivity contribution in [1.29, 1.82) is 0 Å². The molecule has 30 heavy (non-hydrogen) atoms. The van der Waals surface area contributed by atoms with Gasteiger partial charge in [-0.05, 0) is 41.8 Å². The molecule has 0 spiro atoms. The lowest BCUT2D eigenvalue weighted by molar-refractivity contribution is -0.117. The standard InChI is InChI=1S/C22H25N7O/c1-23-22(27-15-18-8-9-25-20(13-18)28-12-10-24-16-28)26-14-17-4-6-19(7-5-17)29-11-2-3-21(29)30/h4-10,12-13,16H,2-3,11,14-15H2,1H3,(H2,23,26,27). The number of benzene rings is 1. The van der Waals surface area contributed by atoms with Crippen LogP contribution in [0.15, 0.2) is 66.3 Å². The van der Waals surface area contributed by atoms with Gasteiger partial charge in [0.1, 0.15) is 12.1 Å². The van der Waals surface area contributed by atoms with Gasteiger partial charge in [0.05, 0.1) is 0 Å². The average molecular weight is 403 g/mol. The van der Waals surface area contributed by atoms with Crippen LogP contribution in [-0.4, -0.2) is 40.0 Å². The predicted molar refractivity (Wildman–Crippen MR) is 116 cm³/mol. The number of pyridine rings is 1. The number of nitrogens with one attached hydrogen (secondary N) is 2. The molecule has 1 amide bonds. The van der Waals surface area contributed by atoms with E-state index >= 15 is 0 Å². The number of aromatic nitrogens is 3. The van der Waals surface area contributed by atoms with Gasteiger partial charge in [-0.25, -0.2) is 9.97 Å². The quantitative estimate of drug-likeness (QED) is 0.487. The summed E-state index contributed by atoms with van der Waals surface area (Å²) in [6.45, 7) is 2.08. The number of amides is 1. The summed E-state index contributed by atoms with van der Waals surface area (Å²) in [5.41, 5.74) is 3.19. The lowest BCUT2D eigenvalue weighted by Gasteiger charge is -2.16. The number of anilines is 1. The van der Waals surface area contributed by atoms with Gasteiger partial charge in [0.2, 0.25) is 5.91 Å². The summed E-state index contributed by atoms with van der Waals surface area (Å²) in [4.78, 5) is 26.4. The number of guanidine groups is 1. The van der Waals surface area contributed by atoms with E-state index in [1.54, 1.807) is 25.8 Å². The van der Waals surface area contributed by atoms with Crippen molar-refractivity contribution in [1.82, 2.24) is 25.2 Å². The summed E-state index contributed by atoms with van der Waals surface area (Å²) >= 11 is 0. The average Bonchev–Trinajstić information content (AvgIpc) is 3.47. The Kier molecular flexibility index (Phi) is 6.03. The maximum Gasteiger partial charge on any atom is 0.227 e. The van der Waals surface area contributed by atoms with Crippen molar-refractivity contribution in [2.75, 3.05) is 18.5 Å². The number of carbonyl (C=O) groups is 1. The SMILES string of the molecule is CN=C(NCc1ccc(N2CCCC2=O)cc1)NCc1ccnc(-n2ccnc2)c1. The Bertz CT molecular complexity index is 1010. The minimum atomic E-state index is 0.206. The third-order valence-corrected chi connectivity index (χ3v) is 5.04. The van der Waals surface area contributed by atoms with Crippen molar-refractivity contribution in [2.24, 2.45) is 4.99 Å². The molecular weight excluding hydrogens is 378 g/mol. The Hall–Kier alpha value is -3.68. The van der Waals surface area contributed by atoms with E-state index < -0.39 is 0 Å². The number of hydrogen-bond donors (Lipinski definition) is 2. The van der Waals surface area contributed by atoms with E-state index in [1.165, 1.54) is 0 Å². The minimum Gasteiger partial charge on any atom is -0.352 e. The van der Waals surface area contributed by atoms with Crippen LogP contribution < -0.4 is 15.5 Å². The number of carbonyl (C=O) groups excluding carboxylic acids is 1. The van der Waals surface area contributed by atoms with Crippen LogP contribution in [0.4, 0.5) is 5.69 Å². The maximum absolute atomic E-state index is 11.9. The molecule has 154 valence electrons. The molecule has 0 saturated carbocycles. The first-order valence-corrected chi connectivity index (χ1v) is 10.00. The van der Waals surface area contributed by atoms with E-state index in [-0.39, 0.29) is 5.91 Å². The number of rotatable bonds is 6. The molecule has 1 aliphatic heterocycles. The molecule has 1 aromatic carbocycles. The van der Waals surface area contributed by atoms with Crippen LogP contribution in [0, 0.1) is 0 Å². The second-order valence-corrected chi connectivity index (χ2v) is 7.09. The second-order valence-electron chi connectivity index (χ2n) is 7.09. The lowest BCUT2D eigenvalue weighted by Crippen LogP contribution is -2.36. The van der Waals surface area contributed by atoms with E-state index in [2.05, 4.69) is 25.6 Å². The van der Waals surface area contributed by atoms with Crippen molar-refractivity contribution in [2.45, 2.75) is 25.9 Å². The van der Waals surface area contributed by atoms with Gasteiger partial charge >= 0.3 is 0 Å². The van der Waals surface area contributed by atoms with Crippen molar-refractivity contribution >= 4 is 17.6 Å². The van der Waals surface area contributed by atoms with Crippen LogP contribution >= 0.6 is 0 Å². The van der Waals surface area contributed by atoms with Gasteiger partial charge in [-0.15, -0.1) is 0 Å². The molecule has 2 N–H and O–H groups in total. The normalized spacial score (nSPS) is 14.2. The fraction of sp³-hybridized carbons (Fsp3) is 0.273. The summed E-state index contributed by atoms with van der Waals surface area (Å²) in [6, 6.07) is 12.1. The topological polar surface area (TPSA) is 87.4 Å². The number of aliphatic imine (C=N–C) groups is 1. The molecule has 0 bridgehead atoms. The molecule has 0 radical (unpaired) electrons. The van der Waals surface area contributed by atoms with Gasteiger partial charge in [0, 0.05) is 57.4 Å². The van der Waals surface area contributed by atoms with E-state index in [0.717, 1.165) is 41.6 Å². The first-order valence-electron chi connectivity index (χ1n) is 10.00. The van der Waals surface area contributed by atoms with E-state index in [1.807, 2.05) is 52.1 Å². The van der Waals surface area contributed by atoms with Crippen LogP contribution in [0.1, 0.15) is 24.0 Å². The number of imidazole rings is 1. The summed E-state index contributed by atoms with van der Waals surface area (Å²) in [6.07, 6.45) is 8.69. The monoisotopic (exact) mass is 403 g/mol. The van der Waals surface area contributed by atoms with Crippen LogP contribution in [0.5, 0.6) is 0 Å². The van der Waals surface area contributed by atoms with E-state index in [4.69, 9.17) is 0 Å². The molecular formula is C22H25N7O. The molecule has 0 atom stereocenters. The van der Waals surface area contributed by atoms with Crippen LogP contribution in [0.2, 0.25) is 0 Å². The molecule has 8 nitrogen and oxygen atoms in total. The molecule has 2 aromatic heterocycles. The third kappa shape index (κ3) is 4.65. The fourth-order valence-electron chi connectivity index (χ4n) is 3.41. The van der Waals surface area contributed by atoms with Gasteiger partial charge in [-0.2, -0.15) is 0 Å². The fourth-order valence-corrected chi connectivity index (χ4v) is 3.41. The molecule has 4 rings (SSSR count). The zero-order valence-corrected chi connectivity index (χ0v) is 17.0. The summed E-state index contributed by atoms with van der Waals surface area (Å²) < 4.78 is 1.87. The first-order chi connectivity index (χ1) is 14.7. The Balaban J connectivity index is 1.30. The van der Waals surface area contributed by atoms with Crippen molar-refractivity contribution in [3.8, 4) is 5.82 Å². The third-order valence-electron chi connectivity index (χ3n) is 5.04. The number of hydrogen-bond acceptors (Lipinski definition) is 4. The molecule has 3 heterocycles. The molecule has 1 saturated heterocycles. The van der Waals surface area contributed by atoms with Crippen LogP contribution in [0.25, 0.3) is 5.82 Å². The molecule has 0 aliphatic carbocycles. The highest BCUT2D eigenvalue weighted by atomic mass is 16.2. The highest BCUT2D eigenvalue weighted by Crippen LogP contribution is 2.21. The van der Waals surface area contributed by atoms with E-state index in [9.17, 15) is 4.79 Å². The zero-order chi connectivity index (χ0) is 20.8. The minimum absolute atomic E-state index is 0.206. The summed E-state index contributed by atoms with van der Waals surface area (Å²) in [5, 5.41) is 6.65. The lowest BCUT2D eigenvalue weighted by atomic mass is 10.2. The summed E-state index contributed by atoms with van der Waals surface area (Å²) in [7, 11) is 1.75. The highest BCUT2D eigenvalue weighted by Gasteiger charge is 2.21. The largest absolute Gasteiger partial charge is 0.352 e. The molecule has 8 heteroatoms. The molecule has 3 aromatic rings. The van der Waals surface area contributed by atoms with Crippen molar-refractivity contribution < 1.29 is 4.79 Å². The van der Waals surface area contributed by atoms with Gasteiger partial charge in [0.15, 0.2) is 5.96 Å². The van der Waals surface area contributed by atoms with Gasteiger partial charge in [0.25, 0.3) is 0 Å². The first kappa shape index (κ1) is 19.6. The number of nitrogens with zero attached hydrogens (tertiary/aromatic N) is 5. The smallest absolute Gasteiger partial charge is 0.227 e.